The van der Waals surface area contributed by atoms with Gasteiger partial charge in [0.05, 0.1) is 0 Å². The van der Waals surface area contributed by atoms with Gasteiger partial charge in [-0.3, -0.25) is 0 Å². The highest BCUT2D eigenvalue weighted by atomic mass is 19.1. The molecule has 1 aromatic carbocycles. The summed E-state index contributed by atoms with van der Waals surface area (Å²) in [5.41, 5.74) is 6.64. The van der Waals surface area contributed by atoms with Gasteiger partial charge in [-0.2, -0.15) is 0 Å². The molecular weight excluding hydrogens is 227 g/mol. The van der Waals surface area contributed by atoms with E-state index in [0.29, 0.717) is 0 Å². The molecule has 0 saturated heterocycles. The zero-order valence-electron chi connectivity index (χ0n) is 11.7. The second kappa shape index (κ2) is 6.86. The lowest BCUT2D eigenvalue weighted by Crippen LogP contribution is -2.33. The molecule has 18 heavy (non-hydrogen) atoms. The zero-order chi connectivity index (χ0) is 13.6. The van der Waals surface area contributed by atoms with Crippen molar-refractivity contribution in [2.75, 3.05) is 20.1 Å². The Bertz CT molecular complexity index is 358. The maximum atomic E-state index is 13.4. The monoisotopic (exact) mass is 252 g/mol. The van der Waals surface area contributed by atoms with Gasteiger partial charge in [0.15, 0.2) is 0 Å². The molecule has 0 radical (unpaired) electrons. The van der Waals surface area contributed by atoms with Crippen LogP contribution in [0.2, 0.25) is 0 Å². The van der Waals surface area contributed by atoms with Gasteiger partial charge in [0.2, 0.25) is 0 Å². The average molecular weight is 252 g/mol. The molecule has 0 atom stereocenters. The Labute approximate surface area is 110 Å². The highest BCUT2D eigenvalue weighted by molar-refractivity contribution is 5.17. The summed E-state index contributed by atoms with van der Waals surface area (Å²) in [6.07, 6.45) is 2.85. The van der Waals surface area contributed by atoms with E-state index in [9.17, 15) is 4.39 Å². The van der Waals surface area contributed by atoms with E-state index in [1.54, 1.807) is 6.07 Å². The molecule has 1 rings (SSSR count). The quantitative estimate of drug-likeness (QED) is 0.808. The van der Waals surface area contributed by atoms with Crippen LogP contribution in [0.25, 0.3) is 0 Å². The number of hydrogen-bond donors (Lipinski definition) is 1. The number of nitrogens with two attached hydrogens (primary N) is 1. The van der Waals surface area contributed by atoms with E-state index in [1.807, 2.05) is 26.0 Å². The van der Waals surface area contributed by atoms with Crippen LogP contribution in [-0.2, 0) is 6.42 Å². The van der Waals surface area contributed by atoms with Gasteiger partial charge in [-0.1, -0.05) is 18.2 Å². The number of hydrogen-bond acceptors (Lipinski definition) is 2. The summed E-state index contributed by atoms with van der Waals surface area (Å²) in [6, 6.07) is 6.99. The van der Waals surface area contributed by atoms with Crippen LogP contribution in [0.1, 0.15) is 32.3 Å². The van der Waals surface area contributed by atoms with Crippen LogP contribution in [0.15, 0.2) is 24.3 Å². The van der Waals surface area contributed by atoms with Crippen LogP contribution in [-0.4, -0.2) is 30.6 Å². The lowest BCUT2D eigenvalue weighted by molar-refractivity contribution is 0.311. The highest BCUT2D eigenvalue weighted by Crippen LogP contribution is 2.09. The molecule has 0 aliphatic rings. The lowest BCUT2D eigenvalue weighted by atomic mass is 10.00. The summed E-state index contributed by atoms with van der Waals surface area (Å²) >= 11 is 0. The predicted molar refractivity (Wildman–Crippen MR) is 75.1 cm³/mol. The molecule has 102 valence electrons. The predicted octanol–water partition coefficient (Wildman–Crippen LogP) is 2.82. The first-order chi connectivity index (χ1) is 8.38. The third-order valence-electron chi connectivity index (χ3n) is 3.08. The Morgan fingerprint density at radius 3 is 2.50 bits per heavy atom. The number of benzene rings is 1. The molecule has 2 nitrogen and oxygen atoms in total. The summed E-state index contributed by atoms with van der Waals surface area (Å²) in [4.78, 5) is 2.23. The Hall–Kier alpha value is -0.930. The number of nitrogens with zero attached hydrogens (tertiary/aromatic N) is 1. The fourth-order valence-corrected chi connectivity index (χ4v) is 1.93. The van der Waals surface area contributed by atoms with Crippen LogP contribution in [0.3, 0.4) is 0 Å². The molecule has 0 saturated carbocycles. The minimum Gasteiger partial charge on any atom is -0.326 e. The van der Waals surface area contributed by atoms with Gasteiger partial charge in [0, 0.05) is 12.1 Å². The van der Waals surface area contributed by atoms with E-state index < -0.39 is 0 Å². The first-order valence-corrected chi connectivity index (χ1v) is 6.59. The minimum atomic E-state index is -0.103. The van der Waals surface area contributed by atoms with Crippen molar-refractivity contribution in [3.8, 4) is 0 Å². The van der Waals surface area contributed by atoms with Gasteiger partial charge in [0.1, 0.15) is 5.82 Å². The molecule has 0 aliphatic carbocycles. The number of halogens is 1. The average Bonchev–Trinajstić information content (AvgIpc) is 2.26. The second-order valence-corrected chi connectivity index (χ2v) is 5.74. The van der Waals surface area contributed by atoms with Crippen LogP contribution in [0.4, 0.5) is 4.39 Å². The highest BCUT2D eigenvalue weighted by Gasteiger charge is 2.10. The largest absolute Gasteiger partial charge is 0.326 e. The lowest BCUT2D eigenvalue weighted by Gasteiger charge is -2.21. The summed E-state index contributed by atoms with van der Waals surface area (Å²) < 4.78 is 13.4. The Balaban J connectivity index is 2.25. The van der Waals surface area contributed by atoms with Crippen molar-refractivity contribution < 1.29 is 4.39 Å². The standard InChI is InChI=1S/C15H25FN2/c1-15(2,17)10-6-11-18(3)12-9-13-7-4-5-8-14(13)16/h4-5,7-8H,6,9-12,17H2,1-3H3. The third-order valence-corrected chi connectivity index (χ3v) is 3.08. The number of rotatable bonds is 7. The van der Waals surface area contributed by atoms with Crippen molar-refractivity contribution in [3.63, 3.8) is 0 Å². The molecule has 0 unspecified atom stereocenters. The van der Waals surface area contributed by atoms with E-state index in [2.05, 4.69) is 11.9 Å². The smallest absolute Gasteiger partial charge is 0.126 e. The van der Waals surface area contributed by atoms with E-state index in [0.717, 1.165) is 37.9 Å². The normalized spacial score (nSPS) is 12.1. The molecule has 0 aliphatic heterocycles. The van der Waals surface area contributed by atoms with Crippen molar-refractivity contribution in [3.05, 3.63) is 35.6 Å². The molecule has 0 heterocycles. The van der Waals surface area contributed by atoms with Crippen molar-refractivity contribution in [1.29, 1.82) is 0 Å². The third kappa shape index (κ3) is 6.12. The molecule has 0 spiro atoms. The van der Waals surface area contributed by atoms with Gasteiger partial charge < -0.3 is 10.6 Å². The maximum Gasteiger partial charge on any atom is 0.126 e. The van der Waals surface area contributed by atoms with Crippen LogP contribution < -0.4 is 5.73 Å². The molecule has 2 N–H and O–H groups in total. The van der Waals surface area contributed by atoms with E-state index in [1.165, 1.54) is 6.07 Å². The van der Waals surface area contributed by atoms with Crippen molar-refractivity contribution in [2.45, 2.75) is 38.6 Å². The van der Waals surface area contributed by atoms with Gasteiger partial charge in [-0.25, -0.2) is 4.39 Å². The molecule has 0 aromatic heterocycles. The Morgan fingerprint density at radius 2 is 1.89 bits per heavy atom. The van der Waals surface area contributed by atoms with Gasteiger partial charge in [0.25, 0.3) is 0 Å². The SMILES string of the molecule is CN(CCCC(C)(C)N)CCc1ccccc1F. The Kier molecular flexibility index (Phi) is 5.76. The molecule has 3 heteroatoms. The summed E-state index contributed by atoms with van der Waals surface area (Å²) in [7, 11) is 2.07. The fraction of sp³-hybridized carbons (Fsp3) is 0.600. The summed E-state index contributed by atoms with van der Waals surface area (Å²) in [5.74, 6) is -0.103. The van der Waals surface area contributed by atoms with E-state index >= 15 is 0 Å². The Morgan fingerprint density at radius 1 is 1.22 bits per heavy atom. The van der Waals surface area contributed by atoms with Crippen LogP contribution in [0, 0.1) is 5.82 Å². The van der Waals surface area contributed by atoms with Crippen molar-refractivity contribution in [2.24, 2.45) is 5.73 Å². The first-order valence-electron chi connectivity index (χ1n) is 6.59. The topological polar surface area (TPSA) is 29.3 Å². The van der Waals surface area contributed by atoms with Gasteiger partial charge in [-0.15, -0.1) is 0 Å². The molecule has 0 bridgehead atoms. The maximum absolute atomic E-state index is 13.4. The fourth-order valence-electron chi connectivity index (χ4n) is 1.93. The molecule has 1 aromatic rings. The van der Waals surface area contributed by atoms with Gasteiger partial charge >= 0.3 is 0 Å². The zero-order valence-corrected chi connectivity index (χ0v) is 11.7. The van der Waals surface area contributed by atoms with Gasteiger partial charge in [-0.05, 0) is 58.3 Å². The van der Waals surface area contributed by atoms with Crippen molar-refractivity contribution >= 4 is 0 Å². The second-order valence-electron chi connectivity index (χ2n) is 5.74. The van der Waals surface area contributed by atoms with E-state index in [4.69, 9.17) is 5.73 Å². The van der Waals surface area contributed by atoms with E-state index in [-0.39, 0.29) is 11.4 Å². The first kappa shape index (κ1) is 15.1. The van der Waals surface area contributed by atoms with Crippen molar-refractivity contribution in [1.82, 2.24) is 4.90 Å². The molecular formula is C15H25FN2. The number of likely N-dealkylation sites (N-methyl/N-ethyl adjacent to an activating group) is 1. The molecule has 0 fully saturated rings. The summed E-state index contributed by atoms with van der Waals surface area (Å²) in [6.45, 7) is 5.99. The van der Waals surface area contributed by atoms with Crippen LogP contribution in [0.5, 0.6) is 0 Å². The summed E-state index contributed by atoms with van der Waals surface area (Å²) in [5, 5.41) is 0. The molecule has 0 amide bonds. The minimum absolute atomic E-state index is 0.0909. The van der Waals surface area contributed by atoms with Crippen LogP contribution >= 0.6 is 0 Å².